The van der Waals surface area contributed by atoms with E-state index >= 15 is 0 Å². The monoisotopic (exact) mass is 398 g/mol. The first-order valence-corrected chi connectivity index (χ1v) is 9.75. The number of ether oxygens (including phenoxy) is 5. The fraction of sp³-hybridized carbons (Fsp3) is 0.409. The van der Waals surface area contributed by atoms with Gasteiger partial charge in [-0.3, -0.25) is 0 Å². The normalized spacial score (nSPS) is 35.8. The Balaban J connectivity index is 1.30. The van der Waals surface area contributed by atoms with Gasteiger partial charge in [-0.15, -0.1) is 0 Å². The van der Waals surface area contributed by atoms with E-state index in [1.807, 2.05) is 60.7 Å². The smallest absolute Gasteiger partial charge is 0.335 e. The van der Waals surface area contributed by atoms with Crippen molar-refractivity contribution in [1.29, 1.82) is 0 Å². The highest BCUT2D eigenvalue weighted by Crippen LogP contribution is 2.40. The van der Waals surface area contributed by atoms with Gasteiger partial charge in [0.25, 0.3) is 0 Å². The number of aliphatic carboxylic acids is 1. The van der Waals surface area contributed by atoms with Crippen LogP contribution >= 0.6 is 0 Å². The Morgan fingerprint density at radius 3 is 1.83 bits per heavy atom. The maximum Gasteiger partial charge on any atom is 0.335 e. The summed E-state index contributed by atoms with van der Waals surface area (Å²) in [5.41, 5.74) is 2.09. The lowest BCUT2D eigenvalue weighted by Gasteiger charge is -2.37. The molecule has 0 saturated carbocycles. The van der Waals surface area contributed by atoms with E-state index in [1.54, 1.807) is 0 Å². The third kappa shape index (κ3) is 3.80. The lowest BCUT2D eigenvalue weighted by atomic mass is 10.0. The van der Waals surface area contributed by atoms with E-state index in [0.29, 0.717) is 12.8 Å². The summed E-state index contributed by atoms with van der Waals surface area (Å²) in [5.74, 6) is -1.08. The molecular formula is C22H22O7. The van der Waals surface area contributed by atoms with Gasteiger partial charge >= 0.3 is 5.97 Å². The quantitative estimate of drug-likeness (QED) is 0.826. The summed E-state index contributed by atoms with van der Waals surface area (Å²) in [6.07, 6.45) is -3.75. The molecule has 0 radical (unpaired) electrons. The highest BCUT2D eigenvalue weighted by Gasteiger charge is 2.59. The van der Waals surface area contributed by atoms with Crippen LogP contribution in [0.3, 0.4) is 0 Å². The van der Waals surface area contributed by atoms with Crippen LogP contribution in [0.5, 0.6) is 0 Å². The minimum absolute atomic E-state index is 0.444. The van der Waals surface area contributed by atoms with Crippen molar-refractivity contribution in [3.8, 4) is 0 Å². The maximum absolute atomic E-state index is 11.8. The molecule has 3 heterocycles. The lowest BCUT2D eigenvalue weighted by molar-refractivity contribution is -0.293. The molecule has 3 aliphatic heterocycles. The first-order valence-electron chi connectivity index (χ1n) is 9.75. The summed E-state index contributed by atoms with van der Waals surface area (Å²) < 4.78 is 29.6. The van der Waals surface area contributed by atoms with E-state index in [1.165, 1.54) is 0 Å². The van der Waals surface area contributed by atoms with E-state index < -0.39 is 49.3 Å². The predicted octanol–water partition coefficient (Wildman–Crippen LogP) is 2.13. The average molecular weight is 398 g/mol. The molecule has 7 unspecified atom stereocenters. The van der Waals surface area contributed by atoms with Gasteiger partial charge in [-0.1, -0.05) is 60.7 Å². The summed E-state index contributed by atoms with van der Waals surface area (Å²) in [6.45, 7) is 0. The van der Waals surface area contributed by atoms with E-state index in [2.05, 4.69) is 0 Å². The second-order valence-corrected chi connectivity index (χ2v) is 7.44. The molecule has 0 spiro atoms. The van der Waals surface area contributed by atoms with Gasteiger partial charge in [-0.05, 0) is 11.1 Å². The molecule has 3 saturated heterocycles. The van der Waals surface area contributed by atoms with Gasteiger partial charge in [0.05, 0.1) is 0 Å². The summed E-state index contributed by atoms with van der Waals surface area (Å²) in [4.78, 5) is 11.8. The van der Waals surface area contributed by atoms with Crippen molar-refractivity contribution in [1.82, 2.24) is 0 Å². The highest BCUT2D eigenvalue weighted by atomic mass is 16.8. The third-order valence-corrected chi connectivity index (χ3v) is 5.44. The standard InChI is InChI=1S/C22H22O7/c23-21(24)19-17-18(25-15(26-19)11-13-7-3-1-4-8-13)20-22(29-17)28-16(27-20)12-14-9-5-2-6-10-14/h1-10,15-20,22H,11-12H2,(H,23,24). The zero-order valence-electron chi connectivity index (χ0n) is 15.6. The summed E-state index contributed by atoms with van der Waals surface area (Å²) in [6, 6.07) is 19.6. The Morgan fingerprint density at radius 1 is 0.690 bits per heavy atom. The topological polar surface area (TPSA) is 83.5 Å². The van der Waals surface area contributed by atoms with Crippen LogP contribution in [0.15, 0.2) is 60.7 Å². The van der Waals surface area contributed by atoms with Crippen LogP contribution in [0.2, 0.25) is 0 Å². The van der Waals surface area contributed by atoms with Gasteiger partial charge in [-0.2, -0.15) is 0 Å². The maximum atomic E-state index is 11.8. The molecule has 5 rings (SSSR count). The Labute approximate surface area is 168 Å². The number of rotatable bonds is 5. The van der Waals surface area contributed by atoms with Crippen molar-refractivity contribution in [3.05, 3.63) is 71.8 Å². The van der Waals surface area contributed by atoms with E-state index in [-0.39, 0.29) is 0 Å². The molecule has 2 aromatic carbocycles. The molecule has 7 nitrogen and oxygen atoms in total. The molecule has 3 fully saturated rings. The third-order valence-electron chi connectivity index (χ3n) is 5.44. The number of hydrogen-bond donors (Lipinski definition) is 1. The fourth-order valence-corrected chi connectivity index (χ4v) is 4.11. The number of fused-ring (bicyclic) bond motifs is 3. The molecule has 1 N–H and O–H groups in total. The van der Waals surface area contributed by atoms with Crippen molar-refractivity contribution < 1.29 is 33.6 Å². The zero-order valence-corrected chi connectivity index (χ0v) is 15.6. The fourth-order valence-electron chi connectivity index (χ4n) is 4.11. The van der Waals surface area contributed by atoms with Crippen LogP contribution in [-0.2, 0) is 41.3 Å². The first-order chi connectivity index (χ1) is 14.2. The lowest BCUT2D eigenvalue weighted by Crippen LogP contribution is -2.54. The molecule has 152 valence electrons. The molecule has 29 heavy (non-hydrogen) atoms. The van der Waals surface area contributed by atoms with Crippen LogP contribution in [0.4, 0.5) is 0 Å². The van der Waals surface area contributed by atoms with Crippen molar-refractivity contribution in [2.24, 2.45) is 0 Å². The van der Waals surface area contributed by atoms with Gasteiger partial charge in [0.1, 0.15) is 18.3 Å². The van der Waals surface area contributed by atoms with Crippen molar-refractivity contribution >= 4 is 5.97 Å². The van der Waals surface area contributed by atoms with Crippen molar-refractivity contribution in [3.63, 3.8) is 0 Å². The second-order valence-electron chi connectivity index (χ2n) is 7.44. The van der Waals surface area contributed by atoms with Crippen LogP contribution in [-0.4, -0.2) is 54.4 Å². The van der Waals surface area contributed by atoms with Crippen LogP contribution in [0, 0.1) is 0 Å². The van der Waals surface area contributed by atoms with Crippen molar-refractivity contribution in [2.75, 3.05) is 0 Å². The predicted molar refractivity (Wildman–Crippen MR) is 99.9 cm³/mol. The molecule has 7 atom stereocenters. The van der Waals surface area contributed by atoms with E-state index in [4.69, 9.17) is 23.7 Å². The number of hydrogen-bond acceptors (Lipinski definition) is 6. The molecule has 0 bridgehead atoms. The Kier molecular flexibility index (Phi) is 5.07. The Morgan fingerprint density at radius 2 is 1.24 bits per heavy atom. The minimum atomic E-state index is -1.13. The van der Waals surface area contributed by atoms with Crippen LogP contribution in [0.1, 0.15) is 11.1 Å². The largest absolute Gasteiger partial charge is 0.479 e. The Hall–Kier alpha value is -2.29. The minimum Gasteiger partial charge on any atom is -0.479 e. The van der Waals surface area contributed by atoms with Crippen LogP contribution < -0.4 is 0 Å². The number of carbonyl (C=O) groups is 1. The average Bonchev–Trinajstić information content (AvgIpc) is 3.26. The molecule has 7 heteroatoms. The molecule has 3 aliphatic rings. The van der Waals surface area contributed by atoms with Crippen LogP contribution in [0.25, 0.3) is 0 Å². The summed E-state index contributed by atoms with van der Waals surface area (Å²) in [5, 5.41) is 9.64. The molecule has 0 aromatic heterocycles. The SMILES string of the molecule is O=C(O)C1OC(Cc2ccccc2)OC2C3OC(Cc4ccccc4)OC3OC12. The number of carboxylic acid groups (broad SMARTS) is 1. The van der Waals surface area contributed by atoms with Gasteiger partial charge in [0.15, 0.2) is 25.0 Å². The van der Waals surface area contributed by atoms with Gasteiger partial charge in [0, 0.05) is 12.8 Å². The Bertz CT molecular complexity index is 843. The highest BCUT2D eigenvalue weighted by molar-refractivity contribution is 5.73. The number of carboxylic acids is 1. The molecule has 0 amide bonds. The van der Waals surface area contributed by atoms with E-state index in [0.717, 1.165) is 11.1 Å². The first kappa shape index (κ1) is 18.7. The number of benzene rings is 2. The molecular weight excluding hydrogens is 376 g/mol. The second kappa shape index (κ2) is 7.85. The summed E-state index contributed by atoms with van der Waals surface area (Å²) in [7, 11) is 0. The molecule has 0 aliphatic carbocycles. The van der Waals surface area contributed by atoms with E-state index in [9.17, 15) is 9.90 Å². The van der Waals surface area contributed by atoms with Gasteiger partial charge < -0.3 is 28.8 Å². The van der Waals surface area contributed by atoms with Gasteiger partial charge in [-0.25, -0.2) is 4.79 Å². The zero-order chi connectivity index (χ0) is 19.8. The molecule has 2 aromatic rings. The van der Waals surface area contributed by atoms with Gasteiger partial charge in [0.2, 0.25) is 0 Å². The van der Waals surface area contributed by atoms with Crippen molar-refractivity contribution in [2.45, 2.75) is 56.1 Å². The summed E-state index contributed by atoms with van der Waals surface area (Å²) >= 11 is 0.